The Balaban J connectivity index is 1.53. The van der Waals surface area contributed by atoms with Crippen molar-refractivity contribution in [3.63, 3.8) is 0 Å². The summed E-state index contributed by atoms with van der Waals surface area (Å²) in [6.07, 6.45) is 0. The van der Waals surface area contributed by atoms with Gasteiger partial charge >= 0.3 is 5.97 Å². The predicted molar refractivity (Wildman–Crippen MR) is 102 cm³/mol. The van der Waals surface area contributed by atoms with E-state index < -0.39 is 18.4 Å². The van der Waals surface area contributed by atoms with E-state index in [4.69, 9.17) is 14.2 Å². The van der Waals surface area contributed by atoms with Crippen LogP contribution in [-0.2, 0) is 4.74 Å². The van der Waals surface area contributed by atoms with Crippen molar-refractivity contribution in [1.29, 1.82) is 0 Å². The normalized spacial score (nSPS) is 12.1. The summed E-state index contributed by atoms with van der Waals surface area (Å²) in [6.45, 7) is 3.45. The Bertz CT molecular complexity index is 1120. The topological polar surface area (TPSA) is 66.8 Å². The lowest BCUT2D eigenvalue weighted by Gasteiger charge is -2.11. The lowest BCUT2D eigenvalue weighted by atomic mass is 10.1. The molecule has 3 aromatic rings. The fourth-order valence-corrected chi connectivity index (χ4v) is 3.37. The first-order valence-electron chi connectivity index (χ1n) is 8.99. The van der Waals surface area contributed by atoms with Gasteiger partial charge in [-0.05, 0) is 50.2 Å². The number of carbonyl (C=O) groups excluding carboxylic acids is 2. The molecule has 0 spiro atoms. The Hall–Kier alpha value is -3.61. The highest BCUT2D eigenvalue weighted by molar-refractivity contribution is 6.00. The number of Topliss-reactive ketones (excluding diaryl/α,β-unsaturated/α-hetero) is 1. The molecule has 1 aliphatic rings. The summed E-state index contributed by atoms with van der Waals surface area (Å²) in [5.41, 5.74) is 2.91. The van der Waals surface area contributed by atoms with Crippen molar-refractivity contribution in [3.8, 4) is 17.2 Å². The number of aromatic nitrogens is 1. The van der Waals surface area contributed by atoms with Crippen molar-refractivity contribution in [1.82, 2.24) is 4.57 Å². The van der Waals surface area contributed by atoms with Crippen molar-refractivity contribution in [2.75, 3.05) is 13.4 Å². The van der Waals surface area contributed by atoms with E-state index in [1.54, 1.807) is 6.07 Å². The van der Waals surface area contributed by atoms with Gasteiger partial charge < -0.3 is 18.8 Å². The standard InChI is InChI=1S/C22H18FNO5/c1-13-8-18(19(25)11-27-22(26)15-4-3-5-16(23)9-15)14(2)24(13)17-6-7-20-21(10-17)29-12-28-20/h3-10H,11-12H2,1-2H3. The lowest BCUT2D eigenvalue weighted by Crippen LogP contribution is -2.15. The quantitative estimate of drug-likeness (QED) is 0.483. The molecule has 0 radical (unpaired) electrons. The Kier molecular flexibility index (Phi) is 4.80. The summed E-state index contributed by atoms with van der Waals surface area (Å²) < 4.78 is 31.0. The molecule has 2 aromatic carbocycles. The number of hydrogen-bond donors (Lipinski definition) is 0. The molecule has 0 amide bonds. The first-order chi connectivity index (χ1) is 13.9. The van der Waals surface area contributed by atoms with Crippen LogP contribution in [0.15, 0.2) is 48.5 Å². The van der Waals surface area contributed by atoms with E-state index in [-0.39, 0.29) is 18.1 Å². The fourth-order valence-electron chi connectivity index (χ4n) is 3.37. The van der Waals surface area contributed by atoms with Gasteiger partial charge in [0.05, 0.1) is 5.56 Å². The predicted octanol–water partition coefficient (Wildman–Crippen LogP) is 4.00. The van der Waals surface area contributed by atoms with Crippen molar-refractivity contribution >= 4 is 11.8 Å². The van der Waals surface area contributed by atoms with E-state index in [0.29, 0.717) is 22.8 Å². The van der Waals surface area contributed by atoms with Crippen LogP contribution in [0.4, 0.5) is 4.39 Å². The molecule has 148 valence electrons. The van der Waals surface area contributed by atoms with Gasteiger partial charge in [-0.15, -0.1) is 0 Å². The van der Waals surface area contributed by atoms with Crippen molar-refractivity contribution in [2.45, 2.75) is 13.8 Å². The first-order valence-corrected chi connectivity index (χ1v) is 8.99. The van der Waals surface area contributed by atoms with Crippen LogP contribution >= 0.6 is 0 Å². The van der Waals surface area contributed by atoms with Gasteiger partial charge in [0.15, 0.2) is 18.1 Å². The van der Waals surface area contributed by atoms with Crippen LogP contribution in [0.25, 0.3) is 5.69 Å². The van der Waals surface area contributed by atoms with Crippen molar-refractivity contribution < 1.29 is 28.2 Å². The second kappa shape index (κ2) is 7.43. The maximum atomic E-state index is 13.2. The van der Waals surface area contributed by atoms with E-state index in [1.165, 1.54) is 18.2 Å². The van der Waals surface area contributed by atoms with E-state index in [0.717, 1.165) is 17.4 Å². The Morgan fingerprint density at radius 1 is 1.07 bits per heavy atom. The smallest absolute Gasteiger partial charge is 0.338 e. The number of ether oxygens (including phenoxy) is 3. The van der Waals surface area contributed by atoms with Gasteiger partial charge in [0.25, 0.3) is 0 Å². The molecular weight excluding hydrogens is 377 g/mol. The molecule has 2 heterocycles. The Morgan fingerprint density at radius 2 is 1.86 bits per heavy atom. The number of aryl methyl sites for hydroxylation is 1. The molecule has 0 aliphatic carbocycles. The minimum atomic E-state index is -0.748. The van der Waals surface area contributed by atoms with Crippen LogP contribution in [0.1, 0.15) is 32.1 Å². The number of rotatable bonds is 5. The van der Waals surface area contributed by atoms with Crippen molar-refractivity contribution in [2.24, 2.45) is 0 Å². The number of nitrogens with zero attached hydrogens (tertiary/aromatic N) is 1. The molecule has 0 fully saturated rings. The molecule has 1 aromatic heterocycles. The third kappa shape index (κ3) is 3.59. The number of carbonyl (C=O) groups is 2. The monoisotopic (exact) mass is 395 g/mol. The molecule has 0 bridgehead atoms. The molecule has 29 heavy (non-hydrogen) atoms. The summed E-state index contributed by atoms with van der Waals surface area (Å²) in [5.74, 6) is -0.306. The van der Waals surface area contributed by atoms with Gasteiger partial charge in [-0.25, -0.2) is 9.18 Å². The molecule has 6 nitrogen and oxygen atoms in total. The minimum absolute atomic E-state index is 0.0589. The second-order valence-electron chi connectivity index (χ2n) is 6.67. The maximum absolute atomic E-state index is 13.2. The van der Waals surface area contributed by atoms with Crippen LogP contribution in [0, 0.1) is 19.7 Å². The zero-order chi connectivity index (χ0) is 20.5. The largest absolute Gasteiger partial charge is 0.454 e. The zero-order valence-electron chi connectivity index (χ0n) is 15.9. The van der Waals surface area contributed by atoms with Gasteiger partial charge in [-0.3, -0.25) is 4.79 Å². The molecule has 1 aliphatic heterocycles. The number of hydrogen-bond acceptors (Lipinski definition) is 5. The van der Waals surface area contributed by atoms with Gasteiger partial charge in [-0.2, -0.15) is 0 Å². The average molecular weight is 395 g/mol. The van der Waals surface area contributed by atoms with Crippen LogP contribution in [0.2, 0.25) is 0 Å². The molecule has 0 atom stereocenters. The maximum Gasteiger partial charge on any atom is 0.338 e. The molecule has 0 unspecified atom stereocenters. The van der Waals surface area contributed by atoms with Crippen LogP contribution < -0.4 is 9.47 Å². The SMILES string of the molecule is Cc1cc(C(=O)COC(=O)c2cccc(F)c2)c(C)n1-c1ccc2c(c1)OCO2. The molecular formula is C22H18FNO5. The molecule has 0 saturated heterocycles. The Morgan fingerprint density at radius 3 is 2.66 bits per heavy atom. The summed E-state index contributed by atoms with van der Waals surface area (Å²) in [4.78, 5) is 24.7. The summed E-state index contributed by atoms with van der Waals surface area (Å²) in [5, 5.41) is 0. The average Bonchev–Trinajstić information content (AvgIpc) is 3.29. The fraction of sp³-hybridized carbons (Fsp3) is 0.182. The van der Waals surface area contributed by atoms with Crippen LogP contribution in [-0.4, -0.2) is 29.7 Å². The number of ketones is 1. The molecule has 0 saturated carbocycles. The summed E-state index contributed by atoms with van der Waals surface area (Å²) in [6, 6.07) is 12.4. The minimum Gasteiger partial charge on any atom is -0.454 e. The third-order valence-electron chi connectivity index (χ3n) is 4.74. The van der Waals surface area contributed by atoms with Crippen LogP contribution in [0.5, 0.6) is 11.5 Å². The molecule has 7 heteroatoms. The second-order valence-corrected chi connectivity index (χ2v) is 6.67. The van der Waals surface area contributed by atoms with E-state index in [9.17, 15) is 14.0 Å². The zero-order valence-corrected chi connectivity index (χ0v) is 15.9. The highest BCUT2D eigenvalue weighted by Gasteiger charge is 2.20. The highest BCUT2D eigenvalue weighted by atomic mass is 19.1. The summed E-state index contributed by atoms with van der Waals surface area (Å²) >= 11 is 0. The number of benzene rings is 2. The number of fused-ring (bicyclic) bond motifs is 1. The Labute approximate surface area is 166 Å². The van der Waals surface area contributed by atoms with Crippen LogP contribution in [0.3, 0.4) is 0 Å². The van der Waals surface area contributed by atoms with Crippen molar-refractivity contribution in [3.05, 3.63) is 76.9 Å². The van der Waals surface area contributed by atoms with Gasteiger partial charge in [0.2, 0.25) is 12.6 Å². The molecule has 4 rings (SSSR count). The van der Waals surface area contributed by atoms with E-state index >= 15 is 0 Å². The lowest BCUT2D eigenvalue weighted by molar-refractivity contribution is 0.0474. The number of esters is 1. The molecule has 0 N–H and O–H groups in total. The van der Waals surface area contributed by atoms with E-state index in [1.807, 2.05) is 36.6 Å². The first kappa shape index (κ1) is 18.7. The van der Waals surface area contributed by atoms with E-state index in [2.05, 4.69) is 0 Å². The van der Waals surface area contributed by atoms with Gasteiger partial charge in [0, 0.05) is 28.7 Å². The number of halogens is 1. The highest BCUT2D eigenvalue weighted by Crippen LogP contribution is 2.34. The third-order valence-corrected chi connectivity index (χ3v) is 4.74. The van der Waals surface area contributed by atoms with Gasteiger partial charge in [-0.1, -0.05) is 6.07 Å². The van der Waals surface area contributed by atoms with Gasteiger partial charge in [0.1, 0.15) is 5.82 Å². The summed E-state index contributed by atoms with van der Waals surface area (Å²) in [7, 11) is 0.